The summed E-state index contributed by atoms with van der Waals surface area (Å²) in [5.41, 5.74) is 1.86. The average Bonchev–Trinajstić information content (AvgIpc) is 3.06. The van der Waals surface area contributed by atoms with E-state index in [1.165, 1.54) is 4.90 Å². The van der Waals surface area contributed by atoms with Gasteiger partial charge in [-0.3, -0.25) is 9.23 Å². The molecule has 0 unspecified atom stereocenters. The highest BCUT2D eigenvalue weighted by atomic mass is 32.3. The number of aryl methyl sites for hydroxylation is 1. The molecule has 0 radical (unpaired) electrons. The van der Waals surface area contributed by atoms with Crippen molar-refractivity contribution in [3.05, 3.63) is 17.5 Å². The molecular formula is C16H27N5O6SSi. The molecule has 3 heterocycles. The Balaban J connectivity index is 2.00. The number of hydrogen-bond donors (Lipinski definition) is 1. The van der Waals surface area contributed by atoms with Crippen LogP contribution in [0.4, 0.5) is 4.79 Å². The van der Waals surface area contributed by atoms with Crippen molar-refractivity contribution in [2.75, 3.05) is 6.54 Å². The van der Waals surface area contributed by atoms with Crippen LogP contribution in [-0.2, 0) is 26.3 Å². The summed E-state index contributed by atoms with van der Waals surface area (Å²) in [6, 6.07) is -1.99. The van der Waals surface area contributed by atoms with E-state index < -0.39 is 36.8 Å². The Kier molecular flexibility index (Phi) is 5.09. The minimum atomic E-state index is -4.86. The Morgan fingerprint density at radius 1 is 1.38 bits per heavy atom. The van der Waals surface area contributed by atoms with Gasteiger partial charge in [-0.1, -0.05) is 20.8 Å². The van der Waals surface area contributed by atoms with E-state index in [0.29, 0.717) is 22.0 Å². The fourth-order valence-electron chi connectivity index (χ4n) is 3.22. The fraction of sp³-hybridized carbons (Fsp3) is 0.688. The Labute approximate surface area is 171 Å². The van der Waals surface area contributed by atoms with E-state index in [1.807, 2.05) is 0 Å². The van der Waals surface area contributed by atoms with Gasteiger partial charge in [-0.2, -0.15) is 18.6 Å². The van der Waals surface area contributed by atoms with Gasteiger partial charge in [0.15, 0.2) is 0 Å². The predicted molar refractivity (Wildman–Crippen MR) is 107 cm³/mol. The lowest BCUT2D eigenvalue weighted by Crippen LogP contribution is -2.41. The highest BCUT2D eigenvalue weighted by Crippen LogP contribution is 2.45. The number of amides is 2. The average molecular weight is 446 g/mol. The number of hydrogen-bond acceptors (Lipinski definition) is 7. The minimum Gasteiger partial charge on any atom is -0.455 e. The van der Waals surface area contributed by atoms with Crippen molar-refractivity contribution in [1.82, 2.24) is 19.7 Å². The third-order valence-electron chi connectivity index (χ3n) is 5.83. The molecule has 2 aliphatic rings. The first-order chi connectivity index (χ1) is 13.1. The summed E-state index contributed by atoms with van der Waals surface area (Å²) in [6.45, 7) is 12.4. The number of carbonyl (C=O) groups excluding carboxylic acids is 1. The van der Waals surface area contributed by atoms with Crippen molar-refractivity contribution in [2.45, 2.75) is 57.9 Å². The first kappa shape index (κ1) is 21.7. The maximum Gasteiger partial charge on any atom is 0.418 e. The van der Waals surface area contributed by atoms with Gasteiger partial charge in [-0.15, -0.1) is 9.44 Å². The van der Waals surface area contributed by atoms with Gasteiger partial charge in [0.05, 0.1) is 24.1 Å². The van der Waals surface area contributed by atoms with Gasteiger partial charge >= 0.3 is 16.4 Å². The Bertz CT molecular complexity index is 967. The molecule has 11 nitrogen and oxygen atoms in total. The number of rotatable bonds is 5. The number of aromatic nitrogens is 2. The third-order valence-corrected chi connectivity index (χ3v) is 10.3. The minimum absolute atomic E-state index is 0.0459. The second-order valence-corrected chi connectivity index (χ2v) is 14.6. The first-order valence-corrected chi connectivity index (χ1v) is 13.4. The molecule has 0 spiro atoms. The van der Waals surface area contributed by atoms with Gasteiger partial charge in [0, 0.05) is 12.6 Å². The number of nitrogens with zero attached hydrogens (tertiary/aromatic N) is 5. The lowest BCUT2D eigenvalue weighted by atomic mass is 9.95. The van der Waals surface area contributed by atoms with E-state index in [9.17, 15) is 13.2 Å². The van der Waals surface area contributed by atoms with Crippen LogP contribution in [0.2, 0.25) is 18.1 Å². The lowest BCUT2D eigenvalue weighted by molar-refractivity contribution is -0.0316. The summed E-state index contributed by atoms with van der Waals surface area (Å²) < 4.78 is 43.6. The molecule has 2 aliphatic heterocycles. The molecule has 1 N–H and O–H groups in total. The number of hydroxylamine groups is 2. The third kappa shape index (κ3) is 3.79. The normalized spacial score (nSPS) is 22.9. The van der Waals surface area contributed by atoms with Gasteiger partial charge in [0.2, 0.25) is 0 Å². The molecule has 1 fully saturated rings. The summed E-state index contributed by atoms with van der Waals surface area (Å²) in [5.74, 6) is 0. The van der Waals surface area contributed by atoms with Crippen LogP contribution in [0.1, 0.15) is 51.0 Å². The Hall–Kier alpha value is -1.96. The monoisotopic (exact) mass is 445 g/mol. The van der Waals surface area contributed by atoms with E-state index in [2.05, 4.69) is 48.4 Å². The van der Waals surface area contributed by atoms with Gasteiger partial charge in [-0.25, -0.2) is 4.79 Å². The van der Waals surface area contributed by atoms with Crippen molar-refractivity contribution in [3.8, 4) is 0 Å². The number of carbonyl (C=O) groups is 1. The molecule has 2 amide bonds. The summed E-state index contributed by atoms with van der Waals surface area (Å²) in [4.78, 5) is 14.3. The fourth-order valence-corrected chi connectivity index (χ4v) is 4.24. The predicted octanol–water partition coefficient (Wildman–Crippen LogP) is 2.39. The molecule has 29 heavy (non-hydrogen) atoms. The highest BCUT2D eigenvalue weighted by Gasteiger charge is 2.52. The van der Waals surface area contributed by atoms with Gasteiger partial charge in [-0.05, 0) is 25.1 Å². The van der Waals surface area contributed by atoms with Gasteiger partial charge in [0.25, 0.3) is 8.32 Å². The van der Waals surface area contributed by atoms with E-state index in [1.54, 1.807) is 24.9 Å². The van der Waals surface area contributed by atoms with Crippen molar-refractivity contribution in [2.24, 2.45) is 12.2 Å². The zero-order valence-electron chi connectivity index (χ0n) is 17.6. The quantitative estimate of drug-likeness (QED) is 0.319. The number of oxime groups is 1. The van der Waals surface area contributed by atoms with Crippen LogP contribution in [0.25, 0.3) is 0 Å². The van der Waals surface area contributed by atoms with Crippen LogP contribution in [0.15, 0.2) is 11.4 Å². The highest BCUT2D eigenvalue weighted by molar-refractivity contribution is 7.80. The summed E-state index contributed by atoms with van der Waals surface area (Å²) in [5, 5.41) is 9.24. The summed E-state index contributed by atoms with van der Waals surface area (Å²) in [7, 11) is -5.29. The summed E-state index contributed by atoms with van der Waals surface area (Å²) >= 11 is 0. The lowest BCUT2D eigenvalue weighted by Gasteiger charge is -2.35. The topological polar surface area (TPSA) is 127 Å². The van der Waals surface area contributed by atoms with Crippen molar-refractivity contribution < 1.29 is 26.6 Å². The molecule has 0 aromatic carbocycles. The molecule has 162 valence electrons. The first-order valence-electron chi connectivity index (χ1n) is 9.15. The van der Waals surface area contributed by atoms with Crippen molar-refractivity contribution in [3.63, 3.8) is 0 Å². The maximum absolute atomic E-state index is 12.9. The van der Waals surface area contributed by atoms with Crippen LogP contribution in [0.3, 0.4) is 0 Å². The van der Waals surface area contributed by atoms with Gasteiger partial charge < -0.3 is 9.43 Å². The van der Waals surface area contributed by atoms with Crippen LogP contribution < -0.4 is 0 Å². The molecule has 13 heteroatoms. The van der Waals surface area contributed by atoms with E-state index in [4.69, 9.17) is 9.08 Å². The Morgan fingerprint density at radius 3 is 2.55 bits per heavy atom. The molecule has 1 saturated heterocycles. The van der Waals surface area contributed by atoms with Gasteiger partial charge in [0.1, 0.15) is 12.1 Å². The number of fused-ring (bicyclic) bond motifs is 4. The molecule has 1 aromatic heterocycles. The molecule has 0 aliphatic carbocycles. The molecule has 1 aromatic rings. The SMILES string of the molecule is C/C(=N\O[Si](C)(C)C(C)(C)C)[C@@H]1c2c(cnn2C)[C@@H]2CN1C(=O)N2OS(=O)(=O)O. The molecule has 2 atom stereocenters. The largest absolute Gasteiger partial charge is 0.455 e. The van der Waals surface area contributed by atoms with E-state index in [-0.39, 0.29) is 11.6 Å². The van der Waals surface area contributed by atoms with Crippen LogP contribution in [0, 0.1) is 0 Å². The van der Waals surface area contributed by atoms with E-state index in [0.717, 1.165) is 0 Å². The second kappa shape index (κ2) is 6.79. The molecule has 3 rings (SSSR count). The second-order valence-electron chi connectivity index (χ2n) is 8.87. The zero-order valence-corrected chi connectivity index (χ0v) is 19.4. The van der Waals surface area contributed by atoms with Crippen LogP contribution in [0.5, 0.6) is 0 Å². The van der Waals surface area contributed by atoms with Crippen molar-refractivity contribution >= 4 is 30.5 Å². The molecule has 0 saturated carbocycles. The zero-order chi connectivity index (χ0) is 21.9. The Morgan fingerprint density at radius 2 is 2.00 bits per heavy atom. The van der Waals surface area contributed by atoms with Crippen molar-refractivity contribution in [1.29, 1.82) is 0 Å². The maximum atomic E-state index is 12.9. The summed E-state index contributed by atoms with van der Waals surface area (Å²) in [6.07, 6.45) is 1.56. The van der Waals surface area contributed by atoms with E-state index >= 15 is 0 Å². The molecular weight excluding hydrogens is 418 g/mol. The smallest absolute Gasteiger partial charge is 0.418 e. The van der Waals surface area contributed by atoms with Crippen LogP contribution >= 0.6 is 0 Å². The molecule has 2 bridgehead atoms. The van der Waals surface area contributed by atoms with Crippen LogP contribution in [-0.4, -0.2) is 59.3 Å². The standard InChI is InChI=1S/C16H27N5O6SSi/c1-10(18-26-29(6,7)16(2,3)4)13-14-11(8-17-19(14)5)12-9-20(13)15(22)21(12)27-28(23,24)25/h8,12-13H,9H2,1-7H3,(H,23,24,25)/b18-10+/t12-,13+/m0/s1. The number of urea groups is 1.